The minimum absolute atomic E-state index is 0.263. The summed E-state index contributed by atoms with van der Waals surface area (Å²) in [5, 5.41) is 16.2. The Morgan fingerprint density at radius 2 is 2.21 bits per heavy atom. The summed E-state index contributed by atoms with van der Waals surface area (Å²) in [4.78, 5) is 13.3. The van der Waals surface area contributed by atoms with Crippen molar-refractivity contribution in [2.45, 2.75) is 38.3 Å². The van der Waals surface area contributed by atoms with E-state index in [9.17, 15) is 5.26 Å². The van der Waals surface area contributed by atoms with Gasteiger partial charge in [-0.1, -0.05) is 25.5 Å². The van der Waals surface area contributed by atoms with Crippen LogP contribution in [0.15, 0.2) is 42.7 Å². The molecule has 0 radical (unpaired) electrons. The lowest BCUT2D eigenvalue weighted by atomic mass is 9.99. The molecule has 0 saturated heterocycles. The van der Waals surface area contributed by atoms with Crippen molar-refractivity contribution in [3.8, 4) is 6.07 Å². The molecule has 3 heterocycles. The number of hydroxylamine groups is 1. The van der Waals surface area contributed by atoms with Gasteiger partial charge in [-0.3, -0.25) is 0 Å². The van der Waals surface area contributed by atoms with Crippen LogP contribution in [0.4, 0.5) is 17.1 Å². The molecular formula is C21H22N6O. The molecule has 7 nitrogen and oxygen atoms in total. The van der Waals surface area contributed by atoms with Crippen LogP contribution in [0.25, 0.3) is 11.0 Å². The molecule has 2 aromatic heterocycles. The average molecular weight is 374 g/mol. The third-order valence-corrected chi connectivity index (χ3v) is 5.96. The van der Waals surface area contributed by atoms with Gasteiger partial charge in [0.2, 0.25) is 0 Å². The lowest BCUT2D eigenvalue weighted by molar-refractivity contribution is 0.152. The van der Waals surface area contributed by atoms with Gasteiger partial charge in [-0.05, 0) is 37.0 Å². The fourth-order valence-corrected chi connectivity index (χ4v) is 4.52. The first-order valence-corrected chi connectivity index (χ1v) is 9.72. The molecule has 1 aliphatic carbocycles. The van der Waals surface area contributed by atoms with Crippen molar-refractivity contribution in [3.63, 3.8) is 0 Å². The molecule has 1 aromatic carbocycles. The maximum atomic E-state index is 9.57. The Bertz CT molecular complexity index is 1050. The standard InChI is InChI=1S/C21H22N6O/c1-2-13-9-15(27-19-6-4-3-5-17(19)26-28-27)10-18(13)25-20-14(11-22)12-24-21-16(20)7-8-23-21/h3-8,12-13,15,18,26H,2,9-10H2,1H3,(H2,23,24,25)/t13-,15?,18+/m1/s1. The second-order valence-electron chi connectivity index (χ2n) is 7.48. The monoisotopic (exact) mass is 374 g/mol. The molecule has 3 atom stereocenters. The molecule has 5 rings (SSSR count). The van der Waals surface area contributed by atoms with E-state index in [-0.39, 0.29) is 12.1 Å². The van der Waals surface area contributed by atoms with Gasteiger partial charge < -0.3 is 10.3 Å². The van der Waals surface area contributed by atoms with Crippen molar-refractivity contribution >= 4 is 28.1 Å². The van der Waals surface area contributed by atoms with Crippen molar-refractivity contribution in [3.05, 3.63) is 48.3 Å². The highest BCUT2D eigenvalue weighted by Crippen LogP contribution is 2.41. The number of nitriles is 1. The normalized spacial score (nSPS) is 23.4. The smallest absolute Gasteiger partial charge is 0.139 e. The van der Waals surface area contributed by atoms with Crippen molar-refractivity contribution in [1.29, 1.82) is 5.26 Å². The van der Waals surface area contributed by atoms with Crippen LogP contribution in [0.1, 0.15) is 31.7 Å². The summed E-state index contributed by atoms with van der Waals surface area (Å²) in [5.41, 5.74) is 7.35. The molecule has 0 bridgehead atoms. The lowest BCUT2D eigenvalue weighted by Gasteiger charge is -2.23. The number of aromatic nitrogens is 2. The molecule has 0 spiro atoms. The van der Waals surface area contributed by atoms with E-state index in [1.165, 1.54) is 0 Å². The van der Waals surface area contributed by atoms with Gasteiger partial charge in [0.15, 0.2) is 0 Å². The first-order valence-electron chi connectivity index (χ1n) is 9.72. The fourth-order valence-electron chi connectivity index (χ4n) is 4.52. The van der Waals surface area contributed by atoms with E-state index < -0.39 is 0 Å². The highest BCUT2D eigenvalue weighted by molar-refractivity contribution is 5.92. The predicted molar refractivity (Wildman–Crippen MR) is 109 cm³/mol. The summed E-state index contributed by atoms with van der Waals surface area (Å²) in [6.45, 7) is 2.22. The van der Waals surface area contributed by atoms with Gasteiger partial charge in [-0.15, -0.1) is 0 Å². The summed E-state index contributed by atoms with van der Waals surface area (Å²) in [5.74, 6) is 0.495. The van der Waals surface area contributed by atoms with E-state index in [1.54, 1.807) is 6.20 Å². The van der Waals surface area contributed by atoms with Crippen LogP contribution in [0.2, 0.25) is 0 Å². The first-order chi connectivity index (χ1) is 13.8. The van der Waals surface area contributed by atoms with Gasteiger partial charge in [0.25, 0.3) is 0 Å². The number of aromatic amines is 1. The van der Waals surface area contributed by atoms with Gasteiger partial charge in [0, 0.05) is 23.8 Å². The molecule has 1 saturated carbocycles. The molecular weight excluding hydrogens is 352 g/mol. The number of benzene rings is 1. The molecule has 3 N–H and O–H groups in total. The molecule has 2 aliphatic rings. The first kappa shape index (κ1) is 16.9. The third-order valence-electron chi connectivity index (χ3n) is 5.96. The zero-order valence-corrected chi connectivity index (χ0v) is 15.6. The Balaban J connectivity index is 1.43. The number of para-hydroxylation sites is 2. The molecule has 1 aliphatic heterocycles. The molecule has 1 unspecified atom stereocenters. The quantitative estimate of drug-likeness (QED) is 0.635. The Kier molecular flexibility index (Phi) is 4.06. The van der Waals surface area contributed by atoms with Crippen LogP contribution in [0.5, 0.6) is 0 Å². The molecule has 7 heteroatoms. The number of anilines is 3. The predicted octanol–water partition coefficient (Wildman–Crippen LogP) is 4.18. The fraction of sp³-hybridized carbons (Fsp3) is 0.333. The summed E-state index contributed by atoms with van der Waals surface area (Å²) in [6, 6.07) is 12.9. The van der Waals surface area contributed by atoms with Crippen molar-refractivity contribution in [2.75, 3.05) is 15.9 Å². The topological polar surface area (TPSA) is 89.0 Å². The Labute approximate surface area is 163 Å². The summed E-state index contributed by atoms with van der Waals surface area (Å²) in [6.07, 6.45) is 6.54. The average Bonchev–Trinajstić information content (AvgIpc) is 3.45. The molecule has 3 aromatic rings. The van der Waals surface area contributed by atoms with E-state index in [4.69, 9.17) is 4.94 Å². The number of hydrogen-bond acceptors (Lipinski definition) is 6. The van der Waals surface area contributed by atoms with Crippen LogP contribution >= 0.6 is 0 Å². The van der Waals surface area contributed by atoms with E-state index >= 15 is 0 Å². The lowest BCUT2D eigenvalue weighted by Crippen LogP contribution is -2.32. The van der Waals surface area contributed by atoms with Gasteiger partial charge in [0.05, 0.1) is 28.7 Å². The number of H-pyrrole nitrogens is 1. The van der Waals surface area contributed by atoms with E-state index in [1.807, 2.05) is 35.5 Å². The SMILES string of the molecule is CC[C@@H]1CC(N2ONc3ccccc32)C[C@@H]1Nc1c(C#N)cnc2[nH]ccc12. The highest BCUT2D eigenvalue weighted by atomic mass is 16.8. The highest BCUT2D eigenvalue weighted by Gasteiger charge is 2.40. The Morgan fingerprint density at radius 1 is 1.32 bits per heavy atom. The van der Waals surface area contributed by atoms with Crippen LogP contribution < -0.4 is 15.9 Å². The van der Waals surface area contributed by atoms with Gasteiger partial charge >= 0.3 is 0 Å². The minimum Gasteiger partial charge on any atom is -0.380 e. The number of hydrogen-bond donors (Lipinski definition) is 3. The van der Waals surface area contributed by atoms with Crippen LogP contribution in [-0.4, -0.2) is 22.1 Å². The molecule has 28 heavy (non-hydrogen) atoms. The Morgan fingerprint density at radius 3 is 3.07 bits per heavy atom. The minimum atomic E-state index is 0.263. The van der Waals surface area contributed by atoms with E-state index in [0.29, 0.717) is 11.5 Å². The van der Waals surface area contributed by atoms with Gasteiger partial charge in [-0.25, -0.2) is 15.5 Å². The number of nitrogens with one attached hydrogen (secondary N) is 3. The number of fused-ring (bicyclic) bond motifs is 2. The van der Waals surface area contributed by atoms with Crippen LogP contribution in [0.3, 0.4) is 0 Å². The second-order valence-corrected chi connectivity index (χ2v) is 7.48. The van der Waals surface area contributed by atoms with E-state index in [2.05, 4.69) is 39.8 Å². The summed E-state index contributed by atoms with van der Waals surface area (Å²) in [7, 11) is 0. The maximum Gasteiger partial charge on any atom is 0.139 e. The van der Waals surface area contributed by atoms with Crippen LogP contribution in [-0.2, 0) is 4.94 Å². The number of pyridine rings is 1. The number of nitrogens with zero attached hydrogens (tertiary/aromatic N) is 3. The van der Waals surface area contributed by atoms with Crippen molar-refractivity contribution < 1.29 is 4.94 Å². The van der Waals surface area contributed by atoms with Crippen molar-refractivity contribution in [2.24, 2.45) is 5.92 Å². The summed E-state index contributed by atoms with van der Waals surface area (Å²) >= 11 is 0. The van der Waals surface area contributed by atoms with Crippen LogP contribution in [0, 0.1) is 17.2 Å². The Hall–Kier alpha value is -3.24. The maximum absolute atomic E-state index is 9.57. The zero-order valence-electron chi connectivity index (χ0n) is 15.6. The molecule has 142 valence electrons. The van der Waals surface area contributed by atoms with E-state index in [0.717, 1.165) is 47.4 Å². The molecule has 1 fully saturated rings. The number of rotatable bonds is 4. The second kappa shape index (κ2) is 6.73. The van der Waals surface area contributed by atoms with Gasteiger partial charge in [0.1, 0.15) is 11.7 Å². The van der Waals surface area contributed by atoms with Crippen molar-refractivity contribution in [1.82, 2.24) is 9.97 Å². The summed E-state index contributed by atoms with van der Waals surface area (Å²) < 4.78 is 0. The zero-order chi connectivity index (χ0) is 19.1. The molecule has 0 amide bonds. The third kappa shape index (κ3) is 2.65. The largest absolute Gasteiger partial charge is 0.380 e. The van der Waals surface area contributed by atoms with Gasteiger partial charge in [-0.2, -0.15) is 10.2 Å².